The monoisotopic (exact) mass is 365 g/mol. The quantitative estimate of drug-likeness (QED) is 0.434. The van der Waals surface area contributed by atoms with Crippen LogP contribution in [0.2, 0.25) is 0 Å². The molecule has 0 radical (unpaired) electrons. The summed E-state index contributed by atoms with van der Waals surface area (Å²) in [4.78, 5) is 36.7. The molecule has 2 heterocycles. The molecule has 136 valence electrons. The molecule has 8 heteroatoms. The van der Waals surface area contributed by atoms with Crippen LogP contribution >= 0.6 is 0 Å². The minimum Gasteiger partial charge on any atom is -0.458 e. The Hall–Kier alpha value is -3.68. The maximum absolute atomic E-state index is 13.0. The highest BCUT2D eigenvalue weighted by molar-refractivity contribution is 6.07. The first-order valence-electron chi connectivity index (χ1n) is 8.25. The fourth-order valence-corrected chi connectivity index (χ4v) is 3.14. The zero-order valence-corrected chi connectivity index (χ0v) is 14.3. The Labute approximate surface area is 153 Å². The van der Waals surface area contributed by atoms with Crippen molar-refractivity contribution in [2.24, 2.45) is 0 Å². The lowest BCUT2D eigenvalue weighted by atomic mass is 9.98. The molecule has 3 amide bonds. The molecule has 0 bridgehead atoms. The normalized spacial score (nSPS) is 19.5. The summed E-state index contributed by atoms with van der Waals surface area (Å²) in [6.07, 6.45) is 0. The number of fused-ring (bicyclic) bond motifs is 1. The summed E-state index contributed by atoms with van der Waals surface area (Å²) >= 11 is 0. The van der Waals surface area contributed by atoms with Crippen LogP contribution in [0.25, 0.3) is 11.0 Å². The van der Waals surface area contributed by atoms with E-state index in [1.165, 1.54) is 24.3 Å². The number of non-ortho nitro benzene ring substituents is 1. The predicted octanol–water partition coefficient (Wildman–Crippen LogP) is 3.31. The van der Waals surface area contributed by atoms with Gasteiger partial charge in [0, 0.05) is 17.5 Å². The number of urea groups is 1. The minimum absolute atomic E-state index is 0.0124. The van der Waals surface area contributed by atoms with Gasteiger partial charge >= 0.3 is 6.03 Å². The van der Waals surface area contributed by atoms with E-state index in [1.54, 1.807) is 19.1 Å². The fourth-order valence-electron chi connectivity index (χ4n) is 3.14. The van der Waals surface area contributed by atoms with Crippen molar-refractivity contribution in [3.05, 3.63) is 76.0 Å². The summed E-state index contributed by atoms with van der Waals surface area (Å²) in [6.45, 7) is 1.61. The average Bonchev–Trinajstić information content (AvgIpc) is 3.18. The maximum atomic E-state index is 13.0. The van der Waals surface area contributed by atoms with Gasteiger partial charge in [-0.25, -0.2) is 4.79 Å². The highest BCUT2D eigenvalue weighted by atomic mass is 16.6. The number of carbonyl (C=O) groups is 2. The van der Waals surface area contributed by atoms with Crippen molar-refractivity contribution in [2.45, 2.75) is 19.0 Å². The molecule has 1 fully saturated rings. The molecule has 2 aromatic carbocycles. The number of imide groups is 1. The van der Waals surface area contributed by atoms with Crippen LogP contribution in [0.3, 0.4) is 0 Å². The highest BCUT2D eigenvalue weighted by Gasteiger charge is 2.51. The minimum atomic E-state index is -1.31. The molecule has 1 aliphatic rings. The van der Waals surface area contributed by atoms with Crippen molar-refractivity contribution < 1.29 is 18.9 Å². The van der Waals surface area contributed by atoms with Crippen LogP contribution in [0.5, 0.6) is 0 Å². The molecule has 1 N–H and O–H groups in total. The molecule has 0 spiro atoms. The van der Waals surface area contributed by atoms with Crippen LogP contribution in [0, 0.1) is 10.1 Å². The molecule has 27 heavy (non-hydrogen) atoms. The van der Waals surface area contributed by atoms with Crippen molar-refractivity contribution in [1.82, 2.24) is 10.2 Å². The number of hydrogen-bond donors (Lipinski definition) is 1. The van der Waals surface area contributed by atoms with Crippen LogP contribution < -0.4 is 5.32 Å². The predicted molar refractivity (Wildman–Crippen MR) is 95.7 cm³/mol. The smallest absolute Gasteiger partial charge is 0.325 e. The molecule has 1 saturated heterocycles. The zero-order chi connectivity index (χ0) is 19.2. The number of para-hydroxylation sites is 1. The van der Waals surface area contributed by atoms with Crippen LogP contribution in [-0.2, 0) is 16.9 Å². The van der Waals surface area contributed by atoms with Gasteiger partial charge in [0.15, 0.2) is 5.54 Å². The van der Waals surface area contributed by atoms with Crippen molar-refractivity contribution >= 4 is 28.6 Å². The van der Waals surface area contributed by atoms with Gasteiger partial charge in [0.25, 0.3) is 11.6 Å². The van der Waals surface area contributed by atoms with Gasteiger partial charge in [-0.2, -0.15) is 0 Å². The largest absolute Gasteiger partial charge is 0.458 e. The van der Waals surface area contributed by atoms with E-state index in [0.29, 0.717) is 16.9 Å². The Bertz CT molecular complexity index is 1040. The van der Waals surface area contributed by atoms with E-state index in [4.69, 9.17) is 4.42 Å². The molecular formula is C19H15N3O5. The number of benzene rings is 2. The third kappa shape index (κ3) is 2.71. The molecule has 1 aromatic heterocycles. The summed E-state index contributed by atoms with van der Waals surface area (Å²) in [6, 6.07) is 14.3. The number of hydrogen-bond acceptors (Lipinski definition) is 5. The number of amides is 3. The zero-order valence-electron chi connectivity index (χ0n) is 14.3. The lowest BCUT2D eigenvalue weighted by Crippen LogP contribution is -2.40. The van der Waals surface area contributed by atoms with Gasteiger partial charge in [0.2, 0.25) is 0 Å². The van der Waals surface area contributed by atoms with E-state index in [1.807, 2.05) is 18.2 Å². The third-order valence-electron chi connectivity index (χ3n) is 4.68. The number of nitrogens with zero attached hydrogens (tertiary/aromatic N) is 2. The van der Waals surface area contributed by atoms with Crippen molar-refractivity contribution in [3.8, 4) is 0 Å². The van der Waals surface area contributed by atoms with E-state index in [0.717, 1.165) is 10.3 Å². The lowest BCUT2D eigenvalue weighted by Gasteiger charge is -2.19. The summed E-state index contributed by atoms with van der Waals surface area (Å²) in [5.74, 6) is -0.0850. The van der Waals surface area contributed by atoms with Gasteiger partial charge in [-0.05, 0) is 24.6 Å². The molecular weight excluding hydrogens is 350 g/mol. The van der Waals surface area contributed by atoms with Gasteiger partial charge in [-0.3, -0.25) is 19.8 Å². The number of nitro groups is 1. The SMILES string of the molecule is CC1(c2cc3ccccc3o2)NC(=O)N(Cc2ccc([N+](=O)[O-])cc2)C1=O. The molecule has 0 aliphatic carbocycles. The highest BCUT2D eigenvalue weighted by Crippen LogP contribution is 2.33. The molecule has 3 aromatic rings. The second-order valence-electron chi connectivity index (χ2n) is 6.52. The molecule has 1 aliphatic heterocycles. The van der Waals surface area contributed by atoms with Crippen LogP contribution in [0.4, 0.5) is 10.5 Å². The number of nitrogens with one attached hydrogen (secondary N) is 1. The van der Waals surface area contributed by atoms with E-state index in [2.05, 4.69) is 5.32 Å². The third-order valence-corrected chi connectivity index (χ3v) is 4.68. The van der Waals surface area contributed by atoms with Crippen LogP contribution in [0.1, 0.15) is 18.2 Å². The van der Waals surface area contributed by atoms with Crippen LogP contribution in [-0.4, -0.2) is 21.8 Å². The van der Waals surface area contributed by atoms with Crippen molar-refractivity contribution in [2.75, 3.05) is 0 Å². The standard InChI is InChI=1S/C19H15N3O5/c1-19(16-10-13-4-2-3-5-15(13)27-16)17(23)21(18(24)20-19)11-12-6-8-14(9-7-12)22(25)26/h2-10H,11H2,1H3,(H,20,24). The van der Waals surface area contributed by atoms with E-state index < -0.39 is 22.4 Å². The Balaban J connectivity index is 1.61. The molecule has 0 saturated carbocycles. The lowest BCUT2D eigenvalue weighted by molar-refractivity contribution is -0.384. The van der Waals surface area contributed by atoms with Gasteiger partial charge in [0.05, 0.1) is 11.5 Å². The maximum Gasteiger partial charge on any atom is 0.325 e. The van der Waals surface area contributed by atoms with E-state index >= 15 is 0 Å². The van der Waals surface area contributed by atoms with Crippen LogP contribution in [0.15, 0.2) is 59.0 Å². The summed E-state index contributed by atoms with van der Waals surface area (Å²) in [7, 11) is 0. The second-order valence-corrected chi connectivity index (χ2v) is 6.52. The first kappa shape index (κ1) is 16.8. The second kappa shape index (κ2) is 5.94. The fraction of sp³-hybridized carbons (Fsp3) is 0.158. The summed E-state index contributed by atoms with van der Waals surface area (Å²) < 4.78 is 5.78. The van der Waals surface area contributed by atoms with Crippen molar-refractivity contribution in [3.63, 3.8) is 0 Å². The van der Waals surface area contributed by atoms with Gasteiger partial charge in [-0.1, -0.05) is 30.3 Å². The Morgan fingerprint density at radius 3 is 2.52 bits per heavy atom. The number of carbonyl (C=O) groups excluding carboxylic acids is 2. The number of nitro benzene ring substituents is 1. The van der Waals surface area contributed by atoms with Gasteiger partial charge < -0.3 is 9.73 Å². The topological polar surface area (TPSA) is 106 Å². The Morgan fingerprint density at radius 2 is 1.85 bits per heavy atom. The number of rotatable bonds is 4. The van der Waals surface area contributed by atoms with E-state index in [-0.39, 0.29) is 12.2 Å². The molecule has 4 rings (SSSR count). The number of furan rings is 1. The summed E-state index contributed by atoms with van der Waals surface area (Å²) in [5.41, 5.74) is -0.123. The molecule has 1 unspecified atom stereocenters. The van der Waals surface area contributed by atoms with Crippen molar-refractivity contribution in [1.29, 1.82) is 0 Å². The van der Waals surface area contributed by atoms with Gasteiger partial charge in [-0.15, -0.1) is 0 Å². The van der Waals surface area contributed by atoms with Gasteiger partial charge in [0.1, 0.15) is 11.3 Å². The molecule has 8 nitrogen and oxygen atoms in total. The van der Waals surface area contributed by atoms with E-state index in [9.17, 15) is 19.7 Å². The average molecular weight is 365 g/mol. The summed E-state index contributed by atoms with van der Waals surface area (Å²) in [5, 5.41) is 14.3. The Kier molecular flexibility index (Phi) is 3.69. The first-order chi connectivity index (χ1) is 12.9. The first-order valence-corrected chi connectivity index (χ1v) is 8.25. The molecule has 1 atom stereocenters. The Morgan fingerprint density at radius 1 is 1.15 bits per heavy atom.